The molecule has 2 N–H and O–H groups in total. The molecule has 2 rings (SSSR count). The minimum Gasteiger partial charge on any atom is -0.437 e. The van der Waals surface area contributed by atoms with Gasteiger partial charge in [0.1, 0.15) is 11.4 Å². The van der Waals surface area contributed by atoms with E-state index in [1.54, 1.807) is 4.68 Å². The molecular weight excluding hydrogens is 214 g/mol. The van der Waals surface area contributed by atoms with Gasteiger partial charge < -0.3 is 10.5 Å². The van der Waals surface area contributed by atoms with Gasteiger partial charge in [0, 0.05) is 6.54 Å². The first-order chi connectivity index (χ1) is 8.11. The SMILES string of the molecule is CCn1nc(C)c(N)c1Oc1cccc(C)c1. The van der Waals surface area contributed by atoms with Crippen LogP contribution in [-0.4, -0.2) is 9.78 Å². The summed E-state index contributed by atoms with van der Waals surface area (Å²) in [7, 11) is 0. The van der Waals surface area contributed by atoms with Gasteiger partial charge in [0.05, 0.1) is 5.69 Å². The summed E-state index contributed by atoms with van der Waals surface area (Å²) in [5.41, 5.74) is 8.52. The Balaban J connectivity index is 2.35. The van der Waals surface area contributed by atoms with Crippen molar-refractivity contribution in [2.24, 2.45) is 0 Å². The van der Waals surface area contributed by atoms with Gasteiger partial charge in [-0.3, -0.25) is 0 Å². The fraction of sp³-hybridized carbons (Fsp3) is 0.308. The molecule has 4 heteroatoms. The standard InChI is InChI=1S/C13H17N3O/c1-4-16-13(12(14)10(3)15-16)17-11-7-5-6-9(2)8-11/h5-8H,4,14H2,1-3H3. The maximum atomic E-state index is 5.96. The summed E-state index contributed by atoms with van der Waals surface area (Å²) >= 11 is 0. The van der Waals surface area contributed by atoms with E-state index in [1.165, 1.54) is 0 Å². The molecule has 0 aliphatic heterocycles. The van der Waals surface area contributed by atoms with Crippen LogP contribution in [0.5, 0.6) is 11.6 Å². The third kappa shape index (κ3) is 2.25. The van der Waals surface area contributed by atoms with Gasteiger partial charge >= 0.3 is 0 Å². The van der Waals surface area contributed by atoms with Crippen molar-refractivity contribution in [2.75, 3.05) is 5.73 Å². The summed E-state index contributed by atoms with van der Waals surface area (Å²) in [6.07, 6.45) is 0. The summed E-state index contributed by atoms with van der Waals surface area (Å²) in [6.45, 7) is 6.65. The number of aromatic nitrogens is 2. The zero-order valence-electron chi connectivity index (χ0n) is 10.4. The summed E-state index contributed by atoms with van der Waals surface area (Å²) in [5.74, 6) is 1.40. The maximum Gasteiger partial charge on any atom is 0.241 e. The predicted octanol–water partition coefficient (Wildman–Crippen LogP) is 2.89. The second kappa shape index (κ2) is 4.49. The minimum atomic E-state index is 0.605. The Hall–Kier alpha value is -1.97. The zero-order chi connectivity index (χ0) is 12.4. The van der Waals surface area contributed by atoms with E-state index in [1.807, 2.05) is 45.0 Å². The number of aryl methyl sites for hydroxylation is 3. The molecule has 0 aliphatic rings. The number of nitrogens with zero attached hydrogens (tertiary/aromatic N) is 2. The highest BCUT2D eigenvalue weighted by molar-refractivity contribution is 5.54. The van der Waals surface area contributed by atoms with E-state index >= 15 is 0 Å². The highest BCUT2D eigenvalue weighted by atomic mass is 16.5. The molecule has 0 saturated heterocycles. The van der Waals surface area contributed by atoms with Crippen LogP contribution in [0.3, 0.4) is 0 Å². The topological polar surface area (TPSA) is 53.1 Å². The van der Waals surface area contributed by atoms with Crippen molar-refractivity contribution in [3.05, 3.63) is 35.5 Å². The van der Waals surface area contributed by atoms with Crippen molar-refractivity contribution < 1.29 is 4.74 Å². The summed E-state index contributed by atoms with van der Waals surface area (Å²) in [6, 6.07) is 7.87. The van der Waals surface area contributed by atoms with E-state index in [0.29, 0.717) is 11.6 Å². The largest absolute Gasteiger partial charge is 0.437 e. The summed E-state index contributed by atoms with van der Waals surface area (Å²) in [5, 5.41) is 4.31. The molecule has 0 bridgehead atoms. The van der Waals surface area contributed by atoms with Crippen molar-refractivity contribution in [2.45, 2.75) is 27.3 Å². The van der Waals surface area contributed by atoms with Crippen LogP contribution in [0.4, 0.5) is 5.69 Å². The molecule has 90 valence electrons. The Morgan fingerprint density at radius 3 is 2.76 bits per heavy atom. The number of ether oxygens (including phenoxy) is 1. The average Bonchev–Trinajstić information content (AvgIpc) is 2.57. The second-order valence-electron chi connectivity index (χ2n) is 4.04. The minimum absolute atomic E-state index is 0.605. The van der Waals surface area contributed by atoms with Crippen LogP contribution in [0, 0.1) is 13.8 Å². The Morgan fingerprint density at radius 2 is 2.12 bits per heavy atom. The highest BCUT2D eigenvalue weighted by Crippen LogP contribution is 2.30. The number of benzene rings is 1. The van der Waals surface area contributed by atoms with E-state index in [-0.39, 0.29) is 0 Å². The lowest BCUT2D eigenvalue weighted by Crippen LogP contribution is -2.00. The fourth-order valence-electron chi connectivity index (χ4n) is 1.69. The van der Waals surface area contributed by atoms with Gasteiger partial charge in [0.25, 0.3) is 0 Å². The molecule has 0 atom stereocenters. The Labute approximate surface area is 101 Å². The molecular formula is C13H17N3O. The van der Waals surface area contributed by atoms with Crippen molar-refractivity contribution >= 4 is 5.69 Å². The molecule has 0 spiro atoms. The van der Waals surface area contributed by atoms with Crippen LogP contribution in [0.2, 0.25) is 0 Å². The maximum absolute atomic E-state index is 5.96. The van der Waals surface area contributed by atoms with Crippen molar-refractivity contribution in [1.82, 2.24) is 9.78 Å². The Kier molecular flexibility index (Phi) is 3.04. The molecule has 17 heavy (non-hydrogen) atoms. The first kappa shape index (κ1) is 11.5. The lowest BCUT2D eigenvalue weighted by atomic mass is 10.2. The number of hydrogen-bond acceptors (Lipinski definition) is 3. The van der Waals surface area contributed by atoms with Crippen molar-refractivity contribution in [1.29, 1.82) is 0 Å². The molecule has 0 unspecified atom stereocenters. The fourth-order valence-corrected chi connectivity index (χ4v) is 1.69. The van der Waals surface area contributed by atoms with Gasteiger partial charge in [-0.1, -0.05) is 12.1 Å². The second-order valence-corrected chi connectivity index (χ2v) is 4.04. The lowest BCUT2D eigenvalue weighted by molar-refractivity contribution is 0.418. The number of nitrogen functional groups attached to an aromatic ring is 1. The van der Waals surface area contributed by atoms with E-state index in [9.17, 15) is 0 Å². The molecule has 0 radical (unpaired) electrons. The Morgan fingerprint density at radius 1 is 1.35 bits per heavy atom. The smallest absolute Gasteiger partial charge is 0.241 e. The predicted molar refractivity (Wildman–Crippen MR) is 68.3 cm³/mol. The number of hydrogen-bond donors (Lipinski definition) is 1. The first-order valence-corrected chi connectivity index (χ1v) is 5.69. The van der Waals surface area contributed by atoms with Crippen molar-refractivity contribution in [3.8, 4) is 11.6 Å². The molecule has 1 aromatic carbocycles. The molecule has 0 saturated carbocycles. The number of anilines is 1. The van der Waals surface area contributed by atoms with Crippen LogP contribution in [0.1, 0.15) is 18.2 Å². The molecule has 1 heterocycles. The van der Waals surface area contributed by atoms with Gasteiger partial charge in [-0.05, 0) is 38.5 Å². The summed E-state index contributed by atoms with van der Waals surface area (Å²) < 4.78 is 7.58. The van der Waals surface area contributed by atoms with Gasteiger partial charge in [0.2, 0.25) is 5.88 Å². The van der Waals surface area contributed by atoms with Crippen molar-refractivity contribution in [3.63, 3.8) is 0 Å². The first-order valence-electron chi connectivity index (χ1n) is 5.69. The van der Waals surface area contributed by atoms with E-state index in [4.69, 9.17) is 10.5 Å². The van der Waals surface area contributed by atoms with Crippen LogP contribution in [0.15, 0.2) is 24.3 Å². The normalized spacial score (nSPS) is 10.5. The molecule has 0 amide bonds. The van der Waals surface area contributed by atoms with E-state index in [0.717, 1.165) is 23.6 Å². The Bertz CT molecular complexity index is 531. The van der Waals surface area contributed by atoms with E-state index < -0.39 is 0 Å². The van der Waals surface area contributed by atoms with Crippen LogP contribution >= 0.6 is 0 Å². The van der Waals surface area contributed by atoms with Gasteiger partial charge in [-0.15, -0.1) is 0 Å². The van der Waals surface area contributed by atoms with Gasteiger partial charge in [0.15, 0.2) is 0 Å². The molecule has 0 fully saturated rings. The van der Waals surface area contributed by atoms with Crippen LogP contribution in [0.25, 0.3) is 0 Å². The molecule has 4 nitrogen and oxygen atoms in total. The van der Waals surface area contributed by atoms with Gasteiger partial charge in [-0.25, -0.2) is 4.68 Å². The lowest BCUT2D eigenvalue weighted by Gasteiger charge is -2.08. The van der Waals surface area contributed by atoms with Crippen LogP contribution < -0.4 is 10.5 Å². The monoisotopic (exact) mass is 231 g/mol. The highest BCUT2D eigenvalue weighted by Gasteiger charge is 2.13. The summed E-state index contributed by atoms with van der Waals surface area (Å²) in [4.78, 5) is 0. The molecule has 2 aromatic rings. The average molecular weight is 231 g/mol. The number of rotatable bonds is 3. The quantitative estimate of drug-likeness (QED) is 0.883. The van der Waals surface area contributed by atoms with E-state index in [2.05, 4.69) is 5.10 Å². The van der Waals surface area contributed by atoms with Gasteiger partial charge in [-0.2, -0.15) is 5.10 Å². The molecule has 0 aliphatic carbocycles. The van der Waals surface area contributed by atoms with Crippen LogP contribution in [-0.2, 0) is 6.54 Å². The molecule has 1 aromatic heterocycles. The zero-order valence-corrected chi connectivity index (χ0v) is 10.4. The number of nitrogens with two attached hydrogens (primary N) is 1. The third-order valence-electron chi connectivity index (χ3n) is 2.63. The third-order valence-corrected chi connectivity index (χ3v) is 2.63.